The number of allylic oxidation sites excluding steroid dienone is 1. The van der Waals surface area contributed by atoms with E-state index in [0.29, 0.717) is 5.70 Å². The van der Waals surface area contributed by atoms with E-state index < -0.39 is 0 Å². The van der Waals surface area contributed by atoms with Crippen LogP contribution in [-0.2, 0) is 0 Å². The first kappa shape index (κ1) is 9.36. The fourth-order valence-electron chi connectivity index (χ4n) is 1.07. The maximum Gasteiger partial charge on any atom is 0.0125 e. The molecule has 66 valence electrons. The summed E-state index contributed by atoms with van der Waals surface area (Å²) in [5.41, 5.74) is 11.1. The summed E-state index contributed by atoms with van der Waals surface area (Å²) in [6.07, 6.45) is 1.87. The topological polar surface area (TPSA) is 48.8 Å². The van der Waals surface area contributed by atoms with Crippen LogP contribution in [0.3, 0.4) is 0 Å². The lowest BCUT2D eigenvalue weighted by molar-refractivity contribution is 1.29. The van der Waals surface area contributed by atoms with E-state index in [1.165, 1.54) is 5.56 Å². The predicted octanol–water partition coefficient (Wildman–Crippen LogP) is 3.67. The summed E-state index contributed by atoms with van der Waals surface area (Å²) in [6, 6.07) is 7.96. The average molecular weight is 173 g/mol. The second kappa shape index (κ2) is 4.33. The van der Waals surface area contributed by atoms with Crippen molar-refractivity contribution in [3.8, 4) is 0 Å². The van der Waals surface area contributed by atoms with Gasteiger partial charge in [-0.15, -0.1) is 0 Å². The van der Waals surface area contributed by atoms with Crippen molar-refractivity contribution in [1.82, 2.24) is 0 Å². The lowest BCUT2D eigenvalue weighted by atomic mass is 10.1. The fourth-order valence-corrected chi connectivity index (χ4v) is 1.07. The Morgan fingerprint density at radius 2 is 2.15 bits per heavy atom. The number of hydrogen-bond acceptors (Lipinski definition) is 1. The molecule has 0 aliphatic rings. The van der Waals surface area contributed by atoms with E-state index in [2.05, 4.69) is 10.0 Å². The summed E-state index contributed by atoms with van der Waals surface area (Å²) < 4.78 is 0. The predicted molar refractivity (Wildman–Crippen MR) is 54.0 cm³/mol. The molecular formula is C10H11N3. The summed E-state index contributed by atoms with van der Waals surface area (Å²) in [6.45, 7) is 3.81. The van der Waals surface area contributed by atoms with Crippen LogP contribution in [-0.4, -0.2) is 0 Å². The number of rotatable bonds is 2. The molecule has 0 bridgehead atoms. The minimum absolute atomic E-state index is 0.678. The number of azide groups is 1. The first-order valence-electron chi connectivity index (χ1n) is 4.03. The Morgan fingerprint density at radius 1 is 1.46 bits per heavy atom. The van der Waals surface area contributed by atoms with Gasteiger partial charge in [0.2, 0.25) is 0 Å². The van der Waals surface area contributed by atoms with Crippen LogP contribution >= 0.6 is 0 Å². The number of benzene rings is 1. The van der Waals surface area contributed by atoms with Crippen LogP contribution in [0.1, 0.15) is 18.1 Å². The van der Waals surface area contributed by atoms with Gasteiger partial charge in [-0.1, -0.05) is 29.4 Å². The van der Waals surface area contributed by atoms with Gasteiger partial charge in [-0.3, -0.25) is 0 Å². The molecule has 0 aliphatic heterocycles. The van der Waals surface area contributed by atoms with Gasteiger partial charge in [0.15, 0.2) is 0 Å². The molecule has 0 spiro atoms. The summed E-state index contributed by atoms with van der Waals surface area (Å²) in [5, 5.41) is 3.50. The van der Waals surface area contributed by atoms with Gasteiger partial charge in [-0.05, 0) is 36.6 Å². The number of aryl methyl sites for hydroxylation is 1. The van der Waals surface area contributed by atoms with Crippen LogP contribution in [0.4, 0.5) is 0 Å². The summed E-state index contributed by atoms with van der Waals surface area (Å²) in [4.78, 5) is 2.72. The SMILES string of the molecule is C/C(=C/c1ccccc1C)N=[N+]=[N-]. The van der Waals surface area contributed by atoms with Gasteiger partial charge in [-0.25, -0.2) is 0 Å². The Morgan fingerprint density at radius 3 is 2.77 bits per heavy atom. The van der Waals surface area contributed by atoms with E-state index >= 15 is 0 Å². The Labute approximate surface area is 77.3 Å². The first-order valence-corrected chi connectivity index (χ1v) is 4.03. The molecule has 1 rings (SSSR count). The second-order valence-electron chi connectivity index (χ2n) is 2.83. The molecule has 0 N–H and O–H groups in total. The Balaban J connectivity index is 3.03. The van der Waals surface area contributed by atoms with Gasteiger partial charge in [0, 0.05) is 10.6 Å². The molecule has 0 fully saturated rings. The Bertz CT molecular complexity index is 374. The van der Waals surface area contributed by atoms with Crippen molar-refractivity contribution in [3.63, 3.8) is 0 Å². The molecular weight excluding hydrogens is 162 g/mol. The standard InChI is InChI=1S/C10H11N3/c1-8-5-3-4-6-10(8)7-9(2)12-13-11/h3-7H,1-2H3/b9-7-. The highest BCUT2D eigenvalue weighted by atomic mass is 15.1. The van der Waals surface area contributed by atoms with Crippen LogP contribution in [0.5, 0.6) is 0 Å². The number of nitrogens with zero attached hydrogens (tertiary/aromatic N) is 3. The molecule has 1 aromatic rings. The van der Waals surface area contributed by atoms with Gasteiger partial charge in [0.25, 0.3) is 0 Å². The van der Waals surface area contributed by atoms with Crippen molar-refractivity contribution in [1.29, 1.82) is 0 Å². The third-order valence-corrected chi connectivity index (χ3v) is 1.76. The van der Waals surface area contributed by atoms with Gasteiger partial charge in [0.05, 0.1) is 0 Å². The highest BCUT2D eigenvalue weighted by molar-refractivity contribution is 5.55. The number of hydrogen-bond donors (Lipinski definition) is 0. The molecule has 0 aliphatic carbocycles. The Kier molecular flexibility index (Phi) is 3.12. The summed E-state index contributed by atoms with van der Waals surface area (Å²) in [5.74, 6) is 0. The van der Waals surface area contributed by atoms with Crippen LogP contribution in [0, 0.1) is 6.92 Å². The van der Waals surface area contributed by atoms with E-state index in [4.69, 9.17) is 5.53 Å². The Hall–Kier alpha value is -1.73. The van der Waals surface area contributed by atoms with Crippen molar-refractivity contribution in [2.24, 2.45) is 5.11 Å². The van der Waals surface area contributed by atoms with Crippen molar-refractivity contribution >= 4 is 6.08 Å². The molecule has 0 radical (unpaired) electrons. The zero-order chi connectivity index (χ0) is 9.68. The molecule has 0 amide bonds. The molecule has 0 heterocycles. The third kappa shape index (κ3) is 2.65. The molecule has 3 heteroatoms. The van der Waals surface area contributed by atoms with E-state index in [0.717, 1.165) is 5.56 Å². The molecule has 0 unspecified atom stereocenters. The smallest absolute Gasteiger partial charge is 0.0125 e. The molecule has 0 aromatic heterocycles. The van der Waals surface area contributed by atoms with Gasteiger partial charge in [0.1, 0.15) is 0 Å². The summed E-state index contributed by atoms with van der Waals surface area (Å²) >= 11 is 0. The van der Waals surface area contributed by atoms with E-state index in [-0.39, 0.29) is 0 Å². The fraction of sp³-hybridized carbons (Fsp3) is 0.200. The molecule has 0 atom stereocenters. The van der Waals surface area contributed by atoms with Crippen LogP contribution < -0.4 is 0 Å². The maximum absolute atomic E-state index is 8.20. The zero-order valence-corrected chi connectivity index (χ0v) is 7.73. The zero-order valence-electron chi connectivity index (χ0n) is 7.73. The minimum Gasteiger partial charge on any atom is -0.0654 e. The lowest BCUT2D eigenvalue weighted by Crippen LogP contribution is -1.79. The molecule has 0 saturated carbocycles. The largest absolute Gasteiger partial charge is 0.0654 e. The van der Waals surface area contributed by atoms with Crippen LogP contribution in [0.15, 0.2) is 35.1 Å². The third-order valence-electron chi connectivity index (χ3n) is 1.76. The maximum atomic E-state index is 8.20. The van der Waals surface area contributed by atoms with Gasteiger partial charge >= 0.3 is 0 Å². The molecule has 1 aromatic carbocycles. The van der Waals surface area contributed by atoms with E-state index in [1.54, 1.807) is 6.92 Å². The monoisotopic (exact) mass is 173 g/mol. The van der Waals surface area contributed by atoms with Crippen molar-refractivity contribution in [2.45, 2.75) is 13.8 Å². The lowest BCUT2D eigenvalue weighted by Gasteiger charge is -1.98. The average Bonchev–Trinajstić information content (AvgIpc) is 2.09. The normalized spacial score (nSPS) is 10.8. The van der Waals surface area contributed by atoms with Crippen LogP contribution in [0.25, 0.3) is 16.5 Å². The molecule has 0 saturated heterocycles. The van der Waals surface area contributed by atoms with E-state index in [9.17, 15) is 0 Å². The quantitative estimate of drug-likeness (QED) is 0.372. The molecule has 3 nitrogen and oxygen atoms in total. The van der Waals surface area contributed by atoms with Gasteiger partial charge in [-0.2, -0.15) is 0 Å². The highest BCUT2D eigenvalue weighted by Crippen LogP contribution is 2.12. The van der Waals surface area contributed by atoms with Crippen LogP contribution in [0.2, 0.25) is 0 Å². The molecule has 13 heavy (non-hydrogen) atoms. The highest BCUT2D eigenvalue weighted by Gasteiger charge is 1.92. The minimum atomic E-state index is 0.678. The first-order chi connectivity index (χ1) is 6.24. The van der Waals surface area contributed by atoms with Gasteiger partial charge < -0.3 is 0 Å². The van der Waals surface area contributed by atoms with E-state index in [1.807, 2.05) is 37.3 Å². The van der Waals surface area contributed by atoms with Crippen molar-refractivity contribution in [2.75, 3.05) is 0 Å². The van der Waals surface area contributed by atoms with Crippen molar-refractivity contribution in [3.05, 3.63) is 51.5 Å². The van der Waals surface area contributed by atoms with Crippen molar-refractivity contribution < 1.29 is 0 Å². The summed E-state index contributed by atoms with van der Waals surface area (Å²) in [7, 11) is 0. The second-order valence-corrected chi connectivity index (χ2v) is 2.83.